The van der Waals surface area contributed by atoms with Gasteiger partial charge in [0.25, 0.3) is 0 Å². The number of rotatable bonds is 7. The molecule has 0 spiro atoms. The predicted octanol–water partition coefficient (Wildman–Crippen LogP) is 4.51. The molecule has 0 fully saturated rings. The summed E-state index contributed by atoms with van der Waals surface area (Å²) in [7, 11) is 1.99. The van der Waals surface area contributed by atoms with Crippen LogP contribution in [0.5, 0.6) is 5.75 Å². The van der Waals surface area contributed by atoms with Gasteiger partial charge in [-0.15, -0.1) is 11.8 Å². The maximum Gasteiger partial charge on any atom is 0.124 e. The predicted molar refractivity (Wildman–Crippen MR) is 91.4 cm³/mol. The van der Waals surface area contributed by atoms with E-state index in [1.807, 2.05) is 37.9 Å². The number of ether oxygens (including phenoxy) is 1. The van der Waals surface area contributed by atoms with Gasteiger partial charge in [0.2, 0.25) is 0 Å². The fourth-order valence-electron chi connectivity index (χ4n) is 2.43. The highest BCUT2D eigenvalue weighted by Gasteiger charge is 2.16. The molecule has 0 heterocycles. The SMILES string of the molecule is CCOc1ccccc1C(NC)c1ccc(SCC)cc1. The molecule has 0 aliphatic rings. The molecular weight excluding hydrogens is 278 g/mol. The highest BCUT2D eigenvalue weighted by atomic mass is 32.2. The lowest BCUT2D eigenvalue weighted by Gasteiger charge is -2.20. The number of hydrogen-bond acceptors (Lipinski definition) is 3. The lowest BCUT2D eigenvalue weighted by Crippen LogP contribution is -2.18. The largest absolute Gasteiger partial charge is 0.494 e. The molecule has 1 unspecified atom stereocenters. The van der Waals surface area contributed by atoms with Gasteiger partial charge in [-0.1, -0.05) is 37.3 Å². The number of benzene rings is 2. The maximum atomic E-state index is 5.76. The summed E-state index contributed by atoms with van der Waals surface area (Å²) in [5.74, 6) is 2.05. The monoisotopic (exact) mass is 301 g/mol. The van der Waals surface area contributed by atoms with Gasteiger partial charge in [0.1, 0.15) is 5.75 Å². The lowest BCUT2D eigenvalue weighted by atomic mass is 9.98. The Morgan fingerprint density at radius 3 is 2.38 bits per heavy atom. The average molecular weight is 301 g/mol. The van der Waals surface area contributed by atoms with Crippen LogP contribution in [0.3, 0.4) is 0 Å². The molecule has 0 aliphatic carbocycles. The van der Waals surface area contributed by atoms with Crippen LogP contribution < -0.4 is 10.1 Å². The lowest BCUT2D eigenvalue weighted by molar-refractivity contribution is 0.334. The summed E-state index contributed by atoms with van der Waals surface area (Å²) in [4.78, 5) is 1.31. The zero-order valence-electron chi connectivity index (χ0n) is 12.9. The van der Waals surface area contributed by atoms with Crippen molar-refractivity contribution in [3.05, 3.63) is 59.7 Å². The number of hydrogen-bond donors (Lipinski definition) is 1. The van der Waals surface area contributed by atoms with Gasteiger partial charge in [0, 0.05) is 10.5 Å². The molecule has 21 heavy (non-hydrogen) atoms. The van der Waals surface area contributed by atoms with Crippen molar-refractivity contribution in [2.24, 2.45) is 0 Å². The summed E-state index contributed by atoms with van der Waals surface area (Å²) in [6.45, 7) is 4.87. The van der Waals surface area contributed by atoms with Gasteiger partial charge in [-0.3, -0.25) is 0 Å². The van der Waals surface area contributed by atoms with E-state index >= 15 is 0 Å². The number of para-hydroxylation sites is 1. The molecule has 2 aromatic rings. The van der Waals surface area contributed by atoms with Gasteiger partial charge in [-0.05, 0) is 43.5 Å². The first-order valence-corrected chi connectivity index (χ1v) is 8.40. The van der Waals surface area contributed by atoms with Crippen LogP contribution in [0.15, 0.2) is 53.4 Å². The van der Waals surface area contributed by atoms with Gasteiger partial charge >= 0.3 is 0 Å². The Bertz CT molecular complexity index is 553. The molecular formula is C18H23NOS. The van der Waals surface area contributed by atoms with Gasteiger partial charge < -0.3 is 10.1 Å². The molecule has 0 amide bonds. The third-order valence-corrected chi connectivity index (χ3v) is 4.24. The highest BCUT2D eigenvalue weighted by Crippen LogP contribution is 2.30. The maximum absolute atomic E-state index is 5.76. The zero-order chi connectivity index (χ0) is 15.1. The quantitative estimate of drug-likeness (QED) is 0.760. The van der Waals surface area contributed by atoms with Crippen molar-refractivity contribution >= 4 is 11.8 Å². The molecule has 1 atom stereocenters. The minimum Gasteiger partial charge on any atom is -0.494 e. The first kappa shape index (κ1) is 15.9. The number of thioether (sulfide) groups is 1. The molecule has 2 aromatic carbocycles. The van der Waals surface area contributed by atoms with Gasteiger partial charge in [0.15, 0.2) is 0 Å². The van der Waals surface area contributed by atoms with Crippen LogP contribution in [0, 0.1) is 0 Å². The van der Waals surface area contributed by atoms with Crippen LogP contribution in [-0.2, 0) is 0 Å². The second kappa shape index (κ2) is 8.11. The number of nitrogens with one attached hydrogen (secondary N) is 1. The molecule has 112 valence electrons. The van der Waals surface area contributed by atoms with E-state index in [0.717, 1.165) is 11.5 Å². The van der Waals surface area contributed by atoms with Crippen LogP contribution in [0.1, 0.15) is 31.0 Å². The Labute approximate surface area is 131 Å². The first-order chi connectivity index (χ1) is 10.3. The second-order valence-electron chi connectivity index (χ2n) is 4.69. The molecule has 2 nitrogen and oxygen atoms in total. The zero-order valence-corrected chi connectivity index (χ0v) is 13.7. The van der Waals surface area contributed by atoms with Gasteiger partial charge in [-0.2, -0.15) is 0 Å². The van der Waals surface area contributed by atoms with E-state index in [1.165, 1.54) is 16.0 Å². The molecule has 0 bridgehead atoms. The normalized spacial score (nSPS) is 12.1. The summed E-state index contributed by atoms with van der Waals surface area (Å²) in [5, 5.41) is 3.40. The highest BCUT2D eigenvalue weighted by molar-refractivity contribution is 7.99. The van der Waals surface area contributed by atoms with Crippen LogP contribution in [0.4, 0.5) is 0 Å². The van der Waals surface area contributed by atoms with Crippen molar-refractivity contribution in [2.45, 2.75) is 24.8 Å². The Hall–Kier alpha value is -1.45. The van der Waals surface area contributed by atoms with Crippen LogP contribution in [0.2, 0.25) is 0 Å². The van der Waals surface area contributed by atoms with Crippen LogP contribution >= 0.6 is 11.8 Å². The van der Waals surface area contributed by atoms with Crippen molar-refractivity contribution in [2.75, 3.05) is 19.4 Å². The summed E-state index contributed by atoms with van der Waals surface area (Å²) in [6, 6.07) is 17.2. The standard InChI is InChI=1S/C18H23NOS/c1-4-20-17-9-7-6-8-16(17)18(19-3)14-10-12-15(13-11-14)21-5-2/h6-13,18-19H,4-5H2,1-3H3. The fraction of sp³-hybridized carbons (Fsp3) is 0.333. The second-order valence-corrected chi connectivity index (χ2v) is 6.03. The molecule has 1 N–H and O–H groups in total. The summed E-state index contributed by atoms with van der Waals surface area (Å²) < 4.78 is 5.76. The molecule has 2 rings (SSSR count). The van der Waals surface area contributed by atoms with Crippen molar-refractivity contribution in [3.8, 4) is 5.75 Å². The van der Waals surface area contributed by atoms with Crippen LogP contribution in [0.25, 0.3) is 0 Å². The third kappa shape index (κ3) is 4.02. The molecule has 0 saturated carbocycles. The van der Waals surface area contributed by atoms with Crippen molar-refractivity contribution in [1.29, 1.82) is 0 Å². The van der Waals surface area contributed by atoms with E-state index in [0.29, 0.717) is 6.61 Å². The van der Waals surface area contributed by atoms with E-state index in [4.69, 9.17) is 4.74 Å². The van der Waals surface area contributed by atoms with Crippen molar-refractivity contribution in [3.63, 3.8) is 0 Å². The van der Waals surface area contributed by atoms with E-state index in [-0.39, 0.29) is 6.04 Å². The smallest absolute Gasteiger partial charge is 0.124 e. The molecule has 3 heteroatoms. The molecule has 0 radical (unpaired) electrons. The Balaban J connectivity index is 2.30. The minimum absolute atomic E-state index is 0.147. The summed E-state index contributed by atoms with van der Waals surface area (Å²) in [6.07, 6.45) is 0. The average Bonchev–Trinajstić information content (AvgIpc) is 2.52. The summed E-state index contributed by atoms with van der Waals surface area (Å²) in [5.41, 5.74) is 2.43. The third-order valence-electron chi connectivity index (χ3n) is 3.34. The van der Waals surface area contributed by atoms with E-state index in [2.05, 4.69) is 48.6 Å². The molecule has 0 aliphatic heterocycles. The molecule has 0 aromatic heterocycles. The van der Waals surface area contributed by atoms with Gasteiger partial charge in [-0.25, -0.2) is 0 Å². The van der Waals surface area contributed by atoms with Crippen molar-refractivity contribution in [1.82, 2.24) is 5.32 Å². The topological polar surface area (TPSA) is 21.3 Å². The van der Waals surface area contributed by atoms with E-state index < -0.39 is 0 Å². The fourth-order valence-corrected chi connectivity index (χ4v) is 3.09. The van der Waals surface area contributed by atoms with Crippen LogP contribution in [-0.4, -0.2) is 19.4 Å². The first-order valence-electron chi connectivity index (χ1n) is 7.41. The van der Waals surface area contributed by atoms with Crippen molar-refractivity contribution < 1.29 is 4.74 Å². The summed E-state index contributed by atoms with van der Waals surface area (Å²) >= 11 is 1.87. The van der Waals surface area contributed by atoms with E-state index in [1.54, 1.807) is 0 Å². The Morgan fingerprint density at radius 1 is 1.05 bits per heavy atom. The Kier molecular flexibility index (Phi) is 6.15. The molecule has 0 saturated heterocycles. The Morgan fingerprint density at radius 2 is 1.76 bits per heavy atom. The minimum atomic E-state index is 0.147. The van der Waals surface area contributed by atoms with E-state index in [9.17, 15) is 0 Å². The van der Waals surface area contributed by atoms with Gasteiger partial charge in [0.05, 0.1) is 12.6 Å².